The van der Waals surface area contributed by atoms with Crippen molar-refractivity contribution in [1.29, 1.82) is 0 Å². The number of ether oxygens (including phenoxy) is 1. The van der Waals surface area contributed by atoms with Crippen LogP contribution in [-0.4, -0.2) is 20.4 Å². The molecular formula is C23H24N2O4S. The predicted molar refractivity (Wildman–Crippen MR) is 118 cm³/mol. The highest BCUT2D eigenvalue weighted by Crippen LogP contribution is 2.21. The van der Waals surface area contributed by atoms with Crippen LogP contribution in [0.25, 0.3) is 0 Å². The molecule has 6 nitrogen and oxygen atoms in total. The van der Waals surface area contributed by atoms with E-state index >= 15 is 0 Å². The first-order chi connectivity index (χ1) is 14.2. The second-order valence-electron chi connectivity index (χ2n) is 7.01. The molecule has 0 fully saturated rings. The zero-order chi connectivity index (χ0) is 21.7. The molecule has 1 amide bonds. The van der Waals surface area contributed by atoms with Crippen LogP contribution in [0.4, 0.5) is 11.4 Å². The Morgan fingerprint density at radius 3 is 2.17 bits per heavy atom. The van der Waals surface area contributed by atoms with Crippen molar-refractivity contribution in [2.24, 2.45) is 0 Å². The van der Waals surface area contributed by atoms with E-state index in [0.29, 0.717) is 17.1 Å². The summed E-state index contributed by atoms with van der Waals surface area (Å²) in [5.41, 5.74) is 2.94. The molecule has 3 rings (SSSR count). The highest BCUT2D eigenvalue weighted by atomic mass is 32.2. The first-order valence-electron chi connectivity index (χ1n) is 9.47. The molecule has 1 atom stereocenters. The van der Waals surface area contributed by atoms with Crippen LogP contribution in [0.2, 0.25) is 0 Å². The number of aryl methyl sites for hydroxylation is 2. The maximum absolute atomic E-state index is 12.6. The number of benzene rings is 3. The minimum absolute atomic E-state index is 0.104. The molecule has 7 heteroatoms. The van der Waals surface area contributed by atoms with E-state index < -0.39 is 16.1 Å². The Bertz CT molecular complexity index is 1120. The third-order valence-corrected chi connectivity index (χ3v) is 5.91. The van der Waals surface area contributed by atoms with Gasteiger partial charge in [0.25, 0.3) is 15.9 Å². The van der Waals surface area contributed by atoms with Gasteiger partial charge in [0.1, 0.15) is 5.75 Å². The molecule has 0 heterocycles. The molecule has 0 unspecified atom stereocenters. The van der Waals surface area contributed by atoms with Crippen molar-refractivity contribution in [1.82, 2.24) is 0 Å². The standard InChI is InChI=1S/C23H24N2O4S/c1-16-8-12-20(13-9-16)29-18(3)23(26)24-19-10-14-21(15-11-19)30(27,28)25-22-7-5-4-6-17(22)2/h4-15,18,25H,1-3H3,(H,24,26)/t18-/m0/s1. The van der Waals surface area contributed by atoms with Gasteiger partial charge in [-0.1, -0.05) is 35.9 Å². The maximum Gasteiger partial charge on any atom is 0.265 e. The SMILES string of the molecule is Cc1ccc(O[C@@H](C)C(=O)Nc2ccc(S(=O)(=O)Nc3ccccc3C)cc2)cc1. The number of anilines is 2. The zero-order valence-electron chi connectivity index (χ0n) is 17.0. The number of para-hydroxylation sites is 1. The van der Waals surface area contributed by atoms with Crippen molar-refractivity contribution < 1.29 is 17.9 Å². The first kappa shape index (κ1) is 21.4. The fourth-order valence-corrected chi connectivity index (χ4v) is 3.86. The Balaban J connectivity index is 1.64. The van der Waals surface area contributed by atoms with E-state index in [-0.39, 0.29) is 10.8 Å². The van der Waals surface area contributed by atoms with Crippen LogP contribution in [0, 0.1) is 13.8 Å². The normalized spacial score (nSPS) is 12.1. The minimum atomic E-state index is -3.73. The second kappa shape index (κ2) is 9.00. The molecule has 0 aromatic heterocycles. The quantitative estimate of drug-likeness (QED) is 0.584. The maximum atomic E-state index is 12.6. The molecule has 0 aliphatic carbocycles. The van der Waals surface area contributed by atoms with Gasteiger partial charge >= 0.3 is 0 Å². The van der Waals surface area contributed by atoms with E-state index in [9.17, 15) is 13.2 Å². The number of nitrogens with one attached hydrogen (secondary N) is 2. The number of hydrogen-bond donors (Lipinski definition) is 2. The number of rotatable bonds is 7. The third-order valence-electron chi connectivity index (χ3n) is 4.52. The summed E-state index contributed by atoms with van der Waals surface area (Å²) in [4.78, 5) is 12.5. The minimum Gasteiger partial charge on any atom is -0.481 e. The van der Waals surface area contributed by atoms with Gasteiger partial charge in [0.15, 0.2) is 6.10 Å². The number of carbonyl (C=O) groups excluding carboxylic acids is 1. The summed E-state index contributed by atoms with van der Waals surface area (Å²) >= 11 is 0. The smallest absolute Gasteiger partial charge is 0.265 e. The molecule has 0 aliphatic heterocycles. The van der Waals surface area contributed by atoms with Crippen molar-refractivity contribution in [3.8, 4) is 5.75 Å². The Kier molecular flexibility index (Phi) is 6.42. The second-order valence-corrected chi connectivity index (χ2v) is 8.69. The van der Waals surface area contributed by atoms with Crippen LogP contribution in [0.3, 0.4) is 0 Å². The average Bonchev–Trinajstić information content (AvgIpc) is 2.71. The summed E-state index contributed by atoms with van der Waals surface area (Å²) in [6.45, 7) is 5.46. The average molecular weight is 425 g/mol. The summed E-state index contributed by atoms with van der Waals surface area (Å²) in [7, 11) is -3.73. The lowest BCUT2D eigenvalue weighted by Gasteiger charge is -2.15. The number of amides is 1. The summed E-state index contributed by atoms with van der Waals surface area (Å²) in [6.07, 6.45) is -0.709. The number of hydrogen-bond acceptors (Lipinski definition) is 4. The molecule has 0 radical (unpaired) electrons. The molecule has 156 valence electrons. The van der Waals surface area contributed by atoms with Crippen molar-refractivity contribution in [2.75, 3.05) is 10.0 Å². The van der Waals surface area contributed by atoms with Gasteiger partial charge in [-0.3, -0.25) is 9.52 Å². The van der Waals surface area contributed by atoms with Gasteiger partial charge in [-0.15, -0.1) is 0 Å². The van der Waals surface area contributed by atoms with Gasteiger partial charge in [0.2, 0.25) is 0 Å². The van der Waals surface area contributed by atoms with E-state index in [2.05, 4.69) is 10.0 Å². The van der Waals surface area contributed by atoms with Crippen LogP contribution in [0.1, 0.15) is 18.1 Å². The van der Waals surface area contributed by atoms with Crippen LogP contribution in [0.15, 0.2) is 77.7 Å². The van der Waals surface area contributed by atoms with Crippen LogP contribution < -0.4 is 14.8 Å². The van der Waals surface area contributed by atoms with Crippen molar-refractivity contribution in [3.63, 3.8) is 0 Å². The van der Waals surface area contributed by atoms with Crippen LogP contribution in [0.5, 0.6) is 5.75 Å². The lowest BCUT2D eigenvalue weighted by Crippen LogP contribution is -2.30. The van der Waals surface area contributed by atoms with E-state index in [1.807, 2.05) is 38.1 Å². The molecule has 0 saturated carbocycles. The third kappa shape index (κ3) is 5.39. The van der Waals surface area contributed by atoms with Crippen molar-refractivity contribution >= 4 is 27.3 Å². The lowest BCUT2D eigenvalue weighted by molar-refractivity contribution is -0.122. The Labute approximate surface area is 177 Å². The Hall–Kier alpha value is -3.32. The van der Waals surface area contributed by atoms with Gasteiger partial charge in [-0.05, 0) is 68.8 Å². The fraction of sp³-hybridized carbons (Fsp3) is 0.174. The van der Waals surface area contributed by atoms with E-state index in [0.717, 1.165) is 11.1 Å². The Morgan fingerprint density at radius 2 is 1.53 bits per heavy atom. The zero-order valence-corrected chi connectivity index (χ0v) is 17.9. The summed E-state index contributed by atoms with van der Waals surface area (Å²) in [5, 5.41) is 2.73. The fourth-order valence-electron chi connectivity index (χ4n) is 2.73. The van der Waals surface area contributed by atoms with Crippen LogP contribution >= 0.6 is 0 Å². The molecule has 0 spiro atoms. The number of sulfonamides is 1. The van der Waals surface area contributed by atoms with Gasteiger partial charge in [0.05, 0.1) is 10.6 Å². The molecule has 30 heavy (non-hydrogen) atoms. The summed E-state index contributed by atoms with van der Waals surface area (Å²) in [6, 6.07) is 20.6. The number of carbonyl (C=O) groups is 1. The molecule has 0 bridgehead atoms. The monoisotopic (exact) mass is 424 g/mol. The highest BCUT2D eigenvalue weighted by Gasteiger charge is 2.17. The molecule has 3 aromatic rings. The highest BCUT2D eigenvalue weighted by molar-refractivity contribution is 7.92. The van der Waals surface area contributed by atoms with Crippen LogP contribution in [-0.2, 0) is 14.8 Å². The first-order valence-corrected chi connectivity index (χ1v) is 11.0. The van der Waals surface area contributed by atoms with E-state index in [1.54, 1.807) is 43.3 Å². The largest absolute Gasteiger partial charge is 0.481 e. The molecule has 2 N–H and O–H groups in total. The van der Waals surface area contributed by atoms with Crippen molar-refractivity contribution in [2.45, 2.75) is 31.8 Å². The van der Waals surface area contributed by atoms with E-state index in [1.165, 1.54) is 12.1 Å². The molecule has 0 aliphatic rings. The summed E-state index contributed by atoms with van der Waals surface area (Å²) < 4.78 is 33.4. The summed E-state index contributed by atoms with van der Waals surface area (Å²) in [5.74, 6) is 0.274. The molecule has 3 aromatic carbocycles. The molecular weight excluding hydrogens is 400 g/mol. The van der Waals surface area contributed by atoms with Crippen molar-refractivity contribution in [3.05, 3.63) is 83.9 Å². The molecule has 0 saturated heterocycles. The predicted octanol–water partition coefficient (Wildman–Crippen LogP) is 4.51. The van der Waals surface area contributed by atoms with E-state index in [4.69, 9.17) is 4.74 Å². The Morgan fingerprint density at radius 1 is 0.900 bits per heavy atom. The topological polar surface area (TPSA) is 84.5 Å². The van der Waals surface area contributed by atoms with Gasteiger partial charge < -0.3 is 10.1 Å². The lowest BCUT2D eigenvalue weighted by atomic mass is 10.2. The van der Waals surface area contributed by atoms with Gasteiger partial charge in [-0.25, -0.2) is 8.42 Å². The van der Waals surface area contributed by atoms with Gasteiger partial charge in [-0.2, -0.15) is 0 Å². The van der Waals surface area contributed by atoms with Gasteiger partial charge in [0, 0.05) is 5.69 Å².